The van der Waals surface area contributed by atoms with Gasteiger partial charge >= 0.3 is 0 Å². The van der Waals surface area contributed by atoms with E-state index in [0.717, 1.165) is 5.69 Å². The zero-order chi connectivity index (χ0) is 12.7. The third-order valence-corrected chi connectivity index (χ3v) is 2.39. The summed E-state index contributed by atoms with van der Waals surface area (Å²) in [5.74, 6) is 0. The van der Waals surface area contributed by atoms with Gasteiger partial charge in [0.2, 0.25) is 0 Å². The van der Waals surface area contributed by atoms with Crippen LogP contribution in [0.15, 0.2) is 18.2 Å². The summed E-state index contributed by atoms with van der Waals surface area (Å²) in [5, 5.41) is 24.8. The zero-order valence-corrected chi connectivity index (χ0v) is 10.5. The lowest BCUT2D eigenvalue weighted by Crippen LogP contribution is -2.29. The maximum Gasteiger partial charge on any atom is 0.101 e. The van der Waals surface area contributed by atoms with Crippen LogP contribution in [0.25, 0.3) is 0 Å². The van der Waals surface area contributed by atoms with Crippen LogP contribution >= 0.6 is 11.6 Å². The fourth-order valence-corrected chi connectivity index (χ4v) is 1.53. The van der Waals surface area contributed by atoms with Crippen molar-refractivity contribution in [1.82, 2.24) is 5.32 Å². The Morgan fingerprint density at radius 1 is 1.47 bits per heavy atom. The van der Waals surface area contributed by atoms with Crippen molar-refractivity contribution >= 4 is 17.3 Å². The number of nitrogens with one attached hydrogen (secondary N) is 2. The first-order valence-electron chi connectivity index (χ1n) is 5.46. The van der Waals surface area contributed by atoms with Gasteiger partial charge in [-0.3, -0.25) is 0 Å². The minimum absolute atomic E-state index is 0.351. The Bertz CT molecular complexity index is 401. The van der Waals surface area contributed by atoms with E-state index in [9.17, 15) is 0 Å². The third kappa shape index (κ3) is 5.05. The molecule has 0 bridgehead atoms. The van der Waals surface area contributed by atoms with Crippen molar-refractivity contribution in [2.75, 3.05) is 25.0 Å². The summed E-state index contributed by atoms with van der Waals surface area (Å²) in [6.07, 6.45) is -0.351. The second-order valence-electron chi connectivity index (χ2n) is 3.78. The molecule has 92 valence electrons. The number of anilines is 1. The molecule has 0 aliphatic heterocycles. The number of hydrogen-bond donors (Lipinski definition) is 3. The lowest BCUT2D eigenvalue weighted by atomic mass is 10.2. The molecule has 4 nitrogen and oxygen atoms in total. The standard InChI is InChI=1S/C12H16ClN3O/c1-9(17)8-15-4-5-16-12-6-11(13)3-2-10(12)7-14/h2-3,6,9,15-17H,4-5,8H2,1H3. The molecule has 1 aromatic carbocycles. The number of hydrogen-bond acceptors (Lipinski definition) is 4. The van der Waals surface area contributed by atoms with Gasteiger partial charge < -0.3 is 15.7 Å². The van der Waals surface area contributed by atoms with Crippen LogP contribution in [-0.4, -0.2) is 30.8 Å². The predicted molar refractivity (Wildman–Crippen MR) is 69.2 cm³/mol. The fourth-order valence-electron chi connectivity index (χ4n) is 1.36. The molecule has 0 saturated carbocycles. The van der Waals surface area contributed by atoms with Crippen molar-refractivity contribution in [3.63, 3.8) is 0 Å². The molecule has 0 radical (unpaired) electrons. The van der Waals surface area contributed by atoms with E-state index in [1.807, 2.05) is 0 Å². The first-order chi connectivity index (χ1) is 8.13. The van der Waals surface area contributed by atoms with E-state index < -0.39 is 0 Å². The van der Waals surface area contributed by atoms with Crippen molar-refractivity contribution in [3.05, 3.63) is 28.8 Å². The molecule has 1 aromatic rings. The van der Waals surface area contributed by atoms with Crippen LogP contribution in [-0.2, 0) is 0 Å². The fraction of sp³-hybridized carbons (Fsp3) is 0.417. The van der Waals surface area contributed by atoms with Gasteiger partial charge in [-0.15, -0.1) is 0 Å². The lowest BCUT2D eigenvalue weighted by Gasteiger charge is -2.10. The van der Waals surface area contributed by atoms with E-state index in [2.05, 4.69) is 16.7 Å². The topological polar surface area (TPSA) is 68.1 Å². The van der Waals surface area contributed by atoms with Crippen LogP contribution in [0.2, 0.25) is 5.02 Å². The molecular formula is C12H16ClN3O. The van der Waals surface area contributed by atoms with E-state index in [0.29, 0.717) is 30.2 Å². The molecule has 5 heteroatoms. The molecule has 0 aliphatic carbocycles. The summed E-state index contributed by atoms with van der Waals surface area (Å²) < 4.78 is 0. The molecule has 0 aliphatic rings. The Morgan fingerprint density at radius 3 is 2.88 bits per heavy atom. The van der Waals surface area contributed by atoms with Gasteiger partial charge in [0.25, 0.3) is 0 Å². The van der Waals surface area contributed by atoms with Crippen molar-refractivity contribution < 1.29 is 5.11 Å². The highest BCUT2D eigenvalue weighted by molar-refractivity contribution is 6.30. The molecule has 17 heavy (non-hydrogen) atoms. The minimum atomic E-state index is -0.351. The van der Waals surface area contributed by atoms with Gasteiger partial charge in [-0.1, -0.05) is 11.6 Å². The molecule has 3 N–H and O–H groups in total. The number of rotatable bonds is 6. The number of nitrogens with zero attached hydrogens (tertiary/aromatic N) is 1. The molecule has 0 fully saturated rings. The van der Waals surface area contributed by atoms with E-state index >= 15 is 0 Å². The summed E-state index contributed by atoms with van der Waals surface area (Å²) in [7, 11) is 0. The van der Waals surface area contributed by atoms with Crippen molar-refractivity contribution in [1.29, 1.82) is 5.26 Å². The maximum atomic E-state index is 9.04. The highest BCUT2D eigenvalue weighted by Gasteiger charge is 2.02. The lowest BCUT2D eigenvalue weighted by molar-refractivity contribution is 0.192. The third-order valence-electron chi connectivity index (χ3n) is 2.16. The Hall–Kier alpha value is -1.28. The average Bonchev–Trinajstić information content (AvgIpc) is 2.28. The predicted octanol–water partition coefficient (Wildman–Crippen LogP) is 1.59. The van der Waals surface area contributed by atoms with Crippen LogP contribution in [0.3, 0.4) is 0 Å². The second kappa shape index (κ2) is 7.13. The summed E-state index contributed by atoms with van der Waals surface area (Å²) in [6, 6.07) is 7.21. The van der Waals surface area contributed by atoms with Gasteiger partial charge in [-0.2, -0.15) is 5.26 Å². The van der Waals surface area contributed by atoms with Gasteiger partial charge in [0.1, 0.15) is 6.07 Å². The van der Waals surface area contributed by atoms with Gasteiger partial charge in [0.05, 0.1) is 17.4 Å². The van der Waals surface area contributed by atoms with Crippen molar-refractivity contribution in [2.24, 2.45) is 0 Å². The first kappa shape index (κ1) is 13.8. The van der Waals surface area contributed by atoms with Crippen molar-refractivity contribution in [3.8, 4) is 6.07 Å². The van der Waals surface area contributed by atoms with Crippen LogP contribution in [0.5, 0.6) is 0 Å². The summed E-state index contributed by atoms with van der Waals surface area (Å²) in [4.78, 5) is 0. The molecule has 0 spiro atoms. The first-order valence-corrected chi connectivity index (χ1v) is 5.83. The van der Waals surface area contributed by atoms with E-state index in [1.165, 1.54) is 0 Å². The van der Waals surface area contributed by atoms with E-state index in [4.69, 9.17) is 22.0 Å². The molecular weight excluding hydrogens is 238 g/mol. The highest BCUT2D eigenvalue weighted by atomic mass is 35.5. The zero-order valence-electron chi connectivity index (χ0n) is 9.70. The van der Waals surface area contributed by atoms with Gasteiger partial charge in [0, 0.05) is 24.7 Å². The molecule has 0 amide bonds. The molecule has 0 saturated heterocycles. The Morgan fingerprint density at radius 2 is 2.24 bits per heavy atom. The van der Waals surface area contributed by atoms with E-state index in [-0.39, 0.29) is 6.10 Å². The van der Waals surface area contributed by atoms with Gasteiger partial charge in [0.15, 0.2) is 0 Å². The smallest absolute Gasteiger partial charge is 0.101 e. The number of aliphatic hydroxyl groups excluding tert-OH is 1. The summed E-state index contributed by atoms with van der Waals surface area (Å²) in [6.45, 7) is 3.66. The molecule has 0 aromatic heterocycles. The van der Waals surface area contributed by atoms with Crippen molar-refractivity contribution in [2.45, 2.75) is 13.0 Å². The Labute approximate surface area is 106 Å². The number of nitriles is 1. The Kier molecular flexibility index (Phi) is 5.78. The molecule has 1 rings (SSSR count). The normalized spacial score (nSPS) is 11.9. The number of halogens is 1. The van der Waals surface area contributed by atoms with E-state index in [1.54, 1.807) is 25.1 Å². The highest BCUT2D eigenvalue weighted by Crippen LogP contribution is 2.19. The van der Waals surface area contributed by atoms with Crippen LogP contribution in [0.1, 0.15) is 12.5 Å². The summed E-state index contributed by atoms with van der Waals surface area (Å²) in [5.41, 5.74) is 1.31. The SMILES string of the molecule is CC(O)CNCCNc1cc(Cl)ccc1C#N. The average molecular weight is 254 g/mol. The molecule has 1 atom stereocenters. The van der Waals surface area contributed by atoms with Gasteiger partial charge in [-0.05, 0) is 25.1 Å². The minimum Gasteiger partial charge on any atom is -0.392 e. The van der Waals surface area contributed by atoms with Crippen LogP contribution in [0.4, 0.5) is 5.69 Å². The number of benzene rings is 1. The van der Waals surface area contributed by atoms with Crippen LogP contribution < -0.4 is 10.6 Å². The monoisotopic (exact) mass is 253 g/mol. The quantitative estimate of drug-likeness (QED) is 0.674. The largest absolute Gasteiger partial charge is 0.392 e. The summed E-state index contributed by atoms with van der Waals surface area (Å²) >= 11 is 5.86. The Balaban J connectivity index is 2.41. The maximum absolute atomic E-state index is 9.04. The molecule has 1 unspecified atom stereocenters. The van der Waals surface area contributed by atoms with Gasteiger partial charge in [-0.25, -0.2) is 0 Å². The second-order valence-corrected chi connectivity index (χ2v) is 4.22. The number of aliphatic hydroxyl groups is 1. The molecule has 0 heterocycles. The van der Waals surface area contributed by atoms with Crippen LogP contribution in [0, 0.1) is 11.3 Å².